The van der Waals surface area contributed by atoms with Crippen molar-refractivity contribution in [2.75, 3.05) is 5.73 Å². The number of aliphatic hydroxyl groups excluding tert-OH is 1. The third-order valence-electron chi connectivity index (χ3n) is 3.49. The van der Waals surface area contributed by atoms with Crippen molar-refractivity contribution < 1.29 is 5.11 Å². The monoisotopic (exact) mass is 283 g/mol. The van der Waals surface area contributed by atoms with Crippen molar-refractivity contribution in [2.24, 2.45) is 0 Å². The summed E-state index contributed by atoms with van der Waals surface area (Å²) in [5.41, 5.74) is 7.25. The van der Waals surface area contributed by atoms with Gasteiger partial charge in [0, 0.05) is 16.3 Å². The van der Waals surface area contributed by atoms with Gasteiger partial charge < -0.3 is 10.8 Å². The SMILES string of the molecule is CCCCCCCCCC(O)c1ccc(Cl)cc1N. The number of unbranched alkanes of at least 4 members (excludes halogenated alkanes) is 6. The molecule has 108 valence electrons. The molecule has 0 amide bonds. The topological polar surface area (TPSA) is 46.2 Å². The van der Waals surface area contributed by atoms with Crippen molar-refractivity contribution in [2.45, 2.75) is 64.4 Å². The maximum Gasteiger partial charge on any atom is 0.0809 e. The summed E-state index contributed by atoms with van der Waals surface area (Å²) in [4.78, 5) is 0. The molecule has 0 aliphatic heterocycles. The van der Waals surface area contributed by atoms with Crippen LogP contribution >= 0.6 is 11.6 Å². The fourth-order valence-corrected chi connectivity index (χ4v) is 2.48. The fourth-order valence-electron chi connectivity index (χ4n) is 2.30. The molecule has 1 unspecified atom stereocenters. The molecule has 0 aliphatic carbocycles. The molecule has 0 radical (unpaired) electrons. The number of hydrogen-bond acceptors (Lipinski definition) is 2. The summed E-state index contributed by atoms with van der Waals surface area (Å²) >= 11 is 5.85. The fraction of sp³-hybridized carbons (Fsp3) is 0.625. The highest BCUT2D eigenvalue weighted by atomic mass is 35.5. The number of nitrogen functional groups attached to an aromatic ring is 1. The van der Waals surface area contributed by atoms with E-state index in [1.165, 1.54) is 38.5 Å². The summed E-state index contributed by atoms with van der Waals surface area (Å²) in [6.45, 7) is 2.23. The molecule has 1 aromatic carbocycles. The van der Waals surface area contributed by atoms with Crippen LogP contribution in [0, 0.1) is 0 Å². The van der Waals surface area contributed by atoms with E-state index in [1.807, 2.05) is 6.07 Å². The van der Waals surface area contributed by atoms with Gasteiger partial charge in [-0.3, -0.25) is 0 Å². The van der Waals surface area contributed by atoms with Gasteiger partial charge in [-0.1, -0.05) is 69.5 Å². The first-order valence-electron chi connectivity index (χ1n) is 7.38. The molecule has 0 spiro atoms. The van der Waals surface area contributed by atoms with E-state index in [0.717, 1.165) is 18.4 Å². The van der Waals surface area contributed by atoms with Gasteiger partial charge in [0.1, 0.15) is 0 Å². The second kappa shape index (κ2) is 9.22. The Hall–Kier alpha value is -0.730. The second-order valence-corrected chi connectivity index (χ2v) is 5.64. The van der Waals surface area contributed by atoms with E-state index in [9.17, 15) is 5.11 Å². The molecule has 0 aromatic heterocycles. The minimum atomic E-state index is -0.465. The number of rotatable bonds is 9. The van der Waals surface area contributed by atoms with Crippen LogP contribution in [0.25, 0.3) is 0 Å². The highest BCUT2D eigenvalue weighted by Crippen LogP contribution is 2.27. The average Bonchev–Trinajstić information content (AvgIpc) is 2.37. The van der Waals surface area contributed by atoms with Crippen LogP contribution in [0.2, 0.25) is 5.02 Å². The normalized spacial score (nSPS) is 12.6. The van der Waals surface area contributed by atoms with Crippen molar-refractivity contribution in [3.05, 3.63) is 28.8 Å². The zero-order chi connectivity index (χ0) is 14.1. The molecule has 3 heteroatoms. The molecule has 0 bridgehead atoms. The third-order valence-corrected chi connectivity index (χ3v) is 3.72. The van der Waals surface area contributed by atoms with Gasteiger partial charge in [-0.05, 0) is 18.6 Å². The Morgan fingerprint density at radius 1 is 1.11 bits per heavy atom. The van der Waals surface area contributed by atoms with Crippen LogP contribution in [-0.4, -0.2) is 5.11 Å². The number of anilines is 1. The summed E-state index contributed by atoms with van der Waals surface area (Å²) in [6, 6.07) is 5.30. The quantitative estimate of drug-likeness (QED) is 0.489. The summed E-state index contributed by atoms with van der Waals surface area (Å²) < 4.78 is 0. The van der Waals surface area contributed by atoms with E-state index in [4.69, 9.17) is 17.3 Å². The molecule has 1 aromatic rings. The Kier molecular flexibility index (Phi) is 7.92. The van der Waals surface area contributed by atoms with Crippen molar-refractivity contribution >= 4 is 17.3 Å². The molecule has 0 saturated carbocycles. The smallest absolute Gasteiger partial charge is 0.0809 e. The minimum absolute atomic E-state index is 0.465. The molecule has 3 N–H and O–H groups in total. The maximum absolute atomic E-state index is 10.1. The Bertz CT molecular complexity index is 368. The van der Waals surface area contributed by atoms with Crippen molar-refractivity contribution in [3.63, 3.8) is 0 Å². The molecular weight excluding hydrogens is 258 g/mol. The van der Waals surface area contributed by atoms with Gasteiger partial charge in [-0.15, -0.1) is 0 Å². The van der Waals surface area contributed by atoms with Crippen molar-refractivity contribution in [1.29, 1.82) is 0 Å². The van der Waals surface area contributed by atoms with Crippen LogP contribution in [0.3, 0.4) is 0 Å². The molecular formula is C16H26ClNO. The Balaban J connectivity index is 2.22. The molecule has 1 rings (SSSR count). The van der Waals surface area contributed by atoms with Crippen LogP contribution in [0.1, 0.15) is 70.0 Å². The zero-order valence-corrected chi connectivity index (χ0v) is 12.6. The van der Waals surface area contributed by atoms with Gasteiger partial charge in [0.15, 0.2) is 0 Å². The number of hydrogen-bond donors (Lipinski definition) is 2. The average molecular weight is 284 g/mol. The lowest BCUT2D eigenvalue weighted by Gasteiger charge is -2.13. The first kappa shape index (κ1) is 16.3. The standard InChI is InChI=1S/C16H26ClNO/c1-2-3-4-5-6-7-8-9-16(19)14-11-10-13(17)12-15(14)18/h10-12,16,19H,2-9,18H2,1H3. The van der Waals surface area contributed by atoms with Crippen molar-refractivity contribution in [1.82, 2.24) is 0 Å². The summed E-state index contributed by atoms with van der Waals surface area (Å²) in [6.07, 6.45) is 9.09. The minimum Gasteiger partial charge on any atom is -0.398 e. The van der Waals surface area contributed by atoms with Crippen LogP contribution in [-0.2, 0) is 0 Å². The summed E-state index contributed by atoms with van der Waals surface area (Å²) in [5, 5.41) is 10.7. The van der Waals surface area contributed by atoms with E-state index < -0.39 is 6.10 Å². The summed E-state index contributed by atoms with van der Waals surface area (Å²) in [7, 11) is 0. The lowest BCUT2D eigenvalue weighted by molar-refractivity contribution is 0.164. The Morgan fingerprint density at radius 2 is 1.74 bits per heavy atom. The van der Waals surface area contributed by atoms with Gasteiger partial charge in [-0.25, -0.2) is 0 Å². The molecule has 0 heterocycles. The number of halogens is 1. The van der Waals surface area contributed by atoms with Gasteiger partial charge in [-0.2, -0.15) is 0 Å². The molecule has 1 atom stereocenters. The van der Waals surface area contributed by atoms with Crippen LogP contribution < -0.4 is 5.73 Å². The van der Waals surface area contributed by atoms with Crippen LogP contribution in [0.15, 0.2) is 18.2 Å². The van der Waals surface area contributed by atoms with E-state index in [1.54, 1.807) is 12.1 Å². The van der Waals surface area contributed by atoms with E-state index >= 15 is 0 Å². The van der Waals surface area contributed by atoms with E-state index in [0.29, 0.717) is 10.7 Å². The lowest BCUT2D eigenvalue weighted by atomic mass is 10.0. The Morgan fingerprint density at radius 3 is 2.37 bits per heavy atom. The largest absolute Gasteiger partial charge is 0.398 e. The number of nitrogens with two attached hydrogens (primary N) is 1. The van der Waals surface area contributed by atoms with Gasteiger partial charge in [0.25, 0.3) is 0 Å². The lowest BCUT2D eigenvalue weighted by Crippen LogP contribution is -2.02. The van der Waals surface area contributed by atoms with Gasteiger partial charge >= 0.3 is 0 Å². The highest BCUT2D eigenvalue weighted by molar-refractivity contribution is 6.30. The van der Waals surface area contributed by atoms with Crippen molar-refractivity contribution in [3.8, 4) is 0 Å². The number of benzene rings is 1. The summed E-state index contributed by atoms with van der Waals surface area (Å²) in [5.74, 6) is 0. The van der Waals surface area contributed by atoms with Crippen LogP contribution in [0.4, 0.5) is 5.69 Å². The molecule has 2 nitrogen and oxygen atoms in total. The third kappa shape index (κ3) is 6.31. The van der Waals surface area contributed by atoms with Crippen LogP contribution in [0.5, 0.6) is 0 Å². The maximum atomic E-state index is 10.1. The molecule has 0 fully saturated rings. The second-order valence-electron chi connectivity index (χ2n) is 5.20. The highest BCUT2D eigenvalue weighted by Gasteiger charge is 2.10. The predicted molar refractivity (Wildman–Crippen MR) is 83.4 cm³/mol. The molecule has 0 saturated heterocycles. The predicted octanol–water partition coefficient (Wildman–Crippen LogP) is 5.10. The first-order valence-corrected chi connectivity index (χ1v) is 7.76. The molecule has 0 aliphatic rings. The van der Waals surface area contributed by atoms with E-state index in [2.05, 4.69) is 6.92 Å². The van der Waals surface area contributed by atoms with Gasteiger partial charge in [0.05, 0.1) is 6.10 Å². The zero-order valence-electron chi connectivity index (χ0n) is 11.9. The number of aliphatic hydroxyl groups is 1. The molecule has 19 heavy (non-hydrogen) atoms. The van der Waals surface area contributed by atoms with E-state index in [-0.39, 0.29) is 0 Å². The Labute approximate surface area is 122 Å². The van der Waals surface area contributed by atoms with Gasteiger partial charge in [0.2, 0.25) is 0 Å². The first-order chi connectivity index (χ1) is 9.15.